The Labute approximate surface area is 93.0 Å². The zero-order chi connectivity index (χ0) is 11.5. The number of nitrogens with zero attached hydrogens (tertiary/aromatic N) is 1. The normalized spacial score (nSPS) is 10.3. The lowest BCUT2D eigenvalue weighted by Crippen LogP contribution is -2.06. The molecule has 16 heavy (non-hydrogen) atoms. The highest BCUT2D eigenvalue weighted by Gasteiger charge is 2.08. The number of fused-ring (bicyclic) bond motifs is 1. The van der Waals surface area contributed by atoms with E-state index < -0.39 is 5.97 Å². The Morgan fingerprint density at radius 2 is 2.19 bits per heavy atom. The summed E-state index contributed by atoms with van der Waals surface area (Å²) in [6.45, 7) is 2.10. The number of carbonyl (C=O) groups is 1. The lowest BCUT2D eigenvalue weighted by atomic mass is 10.1. The second-order valence-corrected chi connectivity index (χ2v) is 3.40. The quantitative estimate of drug-likeness (QED) is 0.616. The van der Waals surface area contributed by atoms with Gasteiger partial charge in [-0.3, -0.25) is 0 Å². The third-order valence-electron chi connectivity index (χ3n) is 2.23. The topological polar surface area (TPSA) is 65.2 Å². The van der Waals surface area contributed by atoms with Gasteiger partial charge in [0.15, 0.2) is 0 Å². The van der Waals surface area contributed by atoms with Gasteiger partial charge in [-0.25, -0.2) is 9.78 Å². The highest BCUT2D eigenvalue weighted by atomic mass is 16.5. The van der Waals surface area contributed by atoms with Crippen molar-refractivity contribution < 1.29 is 9.53 Å². The van der Waals surface area contributed by atoms with E-state index in [4.69, 9.17) is 10.5 Å². The zero-order valence-electron chi connectivity index (χ0n) is 8.93. The fraction of sp³-hybridized carbons (Fsp3) is 0.167. The molecule has 1 aromatic carbocycles. The first-order chi connectivity index (χ1) is 7.70. The summed E-state index contributed by atoms with van der Waals surface area (Å²) in [5.41, 5.74) is 6.64. The molecule has 0 aliphatic carbocycles. The van der Waals surface area contributed by atoms with Crippen LogP contribution in [0.15, 0.2) is 30.5 Å². The highest BCUT2D eigenvalue weighted by Crippen LogP contribution is 2.17. The van der Waals surface area contributed by atoms with E-state index in [-0.39, 0.29) is 0 Å². The largest absolute Gasteiger partial charge is 0.461 e. The molecular formula is C12H12N2O2. The number of rotatable bonds is 2. The molecule has 0 unspecified atom stereocenters. The molecule has 2 rings (SSSR count). The maximum Gasteiger partial charge on any atom is 0.356 e. The average molecular weight is 216 g/mol. The number of ether oxygens (including phenoxy) is 1. The van der Waals surface area contributed by atoms with Gasteiger partial charge in [0.05, 0.1) is 6.61 Å². The van der Waals surface area contributed by atoms with Gasteiger partial charge in [-0.15, -0.1) is 0 Å². The molecule has 0 aliphatic rings. The Morgan fingerprint density at radius 3 is 2.94 bits per heavy atom. The smallest absolute Gasteiger partial charge is 0.356 e. The molecule has 4 nitrogen and oxygen atoms in total. The molecule has 2 N–H and O–H groups in total. The summed E-state index contributed by atoms with van der Waals surface area (Å²) in [6.07, 6.45) is 1.64. The Hall–Kier alpha value is -2.10. The van der Waals surface area contributed by atoms with E-state index in [1.807, 2.05) is 6.07 Å². The standard InChI is InChI=1S/C12H12N2O2/c1-2-16-12(15)11-6-9-5-10(13)4-3-8(9)7-14-11/h3-7H,2,13H2,1H3. The SMILES string of the molecule is CCOC(=O)c1cc2cc(N)ccc2cn1. The molecular weight excluding hydrogens is 204 g/mol. The number of aromatic nitrogens is 1. The molecule has 4 heteroatoms. The molecule has 0 saturated carbocycles. The van der Waals surface area contributed by atoms with E-state index in [0.717, 1.165) is 10.8 Å². The van der Waals surface area contributed by atoms with Crippen LogP contribution in [0, 0.1) is 0 Å². The monoisotopic (exact) mass is 216 g/mol. The zero-order valence-corrected chi connectivity index (χ0v) is 8.93. The molecule has 0 fully saturated rings. The number of benzene rings is 1. The Morgan fingerprint density at radius 1 is 1.38 bits per heavy atom. The summed E-state index contributed by atoms with van der Waals surface area (Å²) in [5, 5.41) is 1.83. The number of nitrogens with two attached hydrogens (primary N) is 1. The molecule has 1 heterocycles. The predicted molar refractivity (Wildman–Crippen MR) is 62.1 cm³/mol. The lowest BCUT2D eigenvalue weighted by molar-refractivity contribution is 0.0520. The van der Waals surface area contributed by atoms with Gasteiger partial charge in [0.1, 0.15) is 5.69 Å². The number of anilines is 1. The van der Waals surface area contributed by atoms with E-state index in [1.54, 1.807) is 31.3 Å². The summed E-state index contributed by atoms with van der Waals surface area (Å²) in [7, 11) is 0. The van der Waals surface area contributed by atoms with Crippen molar-refractivity contribution in [3.8, 4) is 0 Å². The Balaban J connectivity index is 2.46. The third-order valence-corrected chi connectivity index (χ3v) is 2.23. The number of esters is 1. The fourth-order valence-electron chi connectivity index (χ4n) is 1.48. The van der Waals surface area contributed by atoms with E-state index >= 15 is 0 Å². The third kappa shape index (κ3) is 1.95. The van der Waals surface area contributed by atoms with Crippen molar-refractivity contribution in [3.63, 3.8) is 0 Å². The van der Waals surface area contributed by atoms with Crippen LogP contribution >= 0.6 is 0 Å². The second kappa shape index (κ2) is 4.18. The number of nitrogen functional groups attached to an aromatic ring is 1. The summed E-state index contributed by atoms with van der Waals surface area (Å²) in [6, 6.07) is 7.16. The molecule has 0 radical (unpaired) electrons. The van der Waals surface area contributed by atoms with E-state index in [2.05, 4.69) is 4.98 Å². The lowest BCUT2D eigenvalue weighted by Gasteiger charge is -2.03. The fourth-order valence-corrected chi connectivity index (χ4v) is 1.48. The number of hydrogen-bond donors (Lipinski definition) is 1. The minimum Gasteiger partial charge on any atom is -0.461 e. The molecule has 1 aromatic heterocycles. The van der Waals surface area contributed by atoms with E-state index in [9.17, 15) is 4.79 Å². The van der Waals surface area contributed by atoms with Crippen LogP contribution in [-0.4, -0.2) is 17.6 Å². The van der Waals surface area contributed by atoms with Crippen molar-refractivity contribution in [2.45, 2.75) is 6.92 Å². The van der Waals surface area contributed by atoms with Gasteiger partial charge in [-0.05, 0) is 30.5 Å². The molecule has 0 atom stereocenters. The first-order valence-corrected chi connectivity index (χ1v) is 5.03. The van der Waals surface area contributed by atoms with Gasteiger partial charge in [0, 0.05) is 17.3 Å². The Kier molecular flexibility index (Phi) is 2.72. The molecule has 0 amide bonds. The maximum absolute atomic E-state index is 11.5. The van der Waals surface area contributed by atoms with Gasteiger partial charge >= 0.3 is 5.97 Å². The number of carbonyl (C=O) groups excluding carboxylic acids is 1. The van der Waals surface area contributed by atoms with Crippen molar-refractivity contribution in [2.75, 3.05) is 12.3 Å². The Bertz CT molecular complexity index is 538. The van der Waals surface area contributed by atoms with Crippen LogP contribution in [-0.2, 0) is 4.74 Å². The van der Waals surface area contributed by atoms with Crippen molar-refractivity contribution in [3.05, 3.63) is 36.2 Å². The van der Waals surface area contributed by atoms with Crippen LogP contribution in [0.2, 0.25) is 0 Å². The minimum atomic E-state index is -0.410. The molecule has 82 valence electrons. The minimum absolute atomic E-state index is 0.306. The molecule has 0 saturated heterocycles. The van der Waals surface area contributed by atoms with E-state index in [0.29, 0.717) is 18.0 Å². The molecule has 2 aromatic rings. The summed E-state index contributed by atoms with van der Waals surface area (Å²) >= 11 is 0. The van der Waals surface area contributed by atoms with Crippen LogP contribution in [0.25, 0.3) is 10.8 Å². The van der Waals surface area contributed by atoms with Crippen molar-refractivity contribution in [1.82, 2.24) is 4.98 Å². The second-order valence-electron chi connectivity index (χ2n) is 3.40. The van der Waals surface area contributed by atoms with Crippen LogP contribution < -0.4 is 5.73 Å². The first-order valence-electron chi connectivity index (χ1n) is 5.03. The summed E-state index contributed by atoms with van der Waals surface area (Å²) in [5.74, 6) is -0.410. The first kappa shape index (κ1) is 10.4. The molecule has 0 bridgehead atoms. The van der Waals surface area contributed by atoms with Crippen LogP contribution in [0.1, 0.15) is 17.4 Å². The van der Waals surface area contributed by atoms with Gasteiger partial charge < -0.3 is 10.5 Å². The predicted octanol–water partition coefficient (Wildman–Crippen LogP) is 1.99. The summed E-state index contributed by atoms with van der Waals surface area (Å²) in [4.78, 5) is 15.5. The van der Waals surface area contributed by atoms with Gasteiger partial charge in [-0.1, -0.05) is 6.07 Å². The van der Waals surface area contributed by atoms with Crippen LogP contribution in [0.3, 0.4) is 0 Å². The van der Waals surface area contributed by atoms with Crippen molar-refractivity contribution in [2.24, 2.45) is 0 Å². The number of hydrogen-bond acceptors (Lipinski definition) is 4. The highest BCUT2D eigenvalue weighted by molar-refractivity contribution is 5.93. The molecule has 0 spiro atoms. The van der Waals surface area contributed by atoms with E-state index in [1.165, 1.54) is 0 Å². The molecule has 0 aliphatic heterocycles. The van der Waals surface area contributed by atoms with Crippen LogP contribution in [0.4, 0.5) is 5.69 Å². The summed E-state index contributed by atoms with van der Waals surface area (Å²) < 4.78 is 4.87. The van der Waals surface area contributed by atoms with Crippen molar-refractivity contribution >= 4 is 22.4 Å². The average Bonchev–Trinajstić information content (AvgIpc) is 2.28. The van der Waals surface area contributed by atoms with Gasteiger partial charge in [-0.2, -0.15) is 0 Å². The van der Waals surface area contributed by atoms with Crippen LogP contribution in [0.5, 0.6) is 0 Å². The van der Waals surface area contributed by atoms with Gasteiger partial charge in [0.25, 0.3) is 0 Å². The van der Waals surface area contributed by atoms with Gasteiger partial charge in [0.2, 0.25) is 0 Å². The number of pyridine rings is 1. The van der Waals surface area contributed by atoms with Crippen molar-refractivity contribution in [1.29, 1.82) is 0 Å². The maximum atomic E-state index is 11.5.